The van der Waals surface area contributed by atoms with Gasteiger partial charge in [-0.1, -0.05) is 36.8 Å². The van der Waals surface area contributed by atoms with Crippen LogP contribution < -0.4 is 5.32 Å². The van der Waals surface area contributed by atoms with E-state index in [1.807, 2.05) is 45.0 Å². The molecule has 0 aliphatic rings. The highest BCUT2D eigenvalue weighted by Crippen LogP contribution is 2.20. The van der Waals surface area contributed by atoms with Gasteiger partial charge in [0.2, 0.25) is 5.91 Å². The van der Waals surface area contributed by atoms with Gasteiger partial charge in [-0.3, -0.25) is 4.79 Å². The average molecular weight is 258 g/mol. The van der Waals surface area contributed by atoms with Crippen molar-refractivity contribution in [3.05, 3.63) is 35.4 Å². The van der Waals surface area contributed by atoms with Crippen molar-refractivity contribution in [1.82, 2.24) is 5.32 Å². The smallest absolute Gasteiger partial charge is 0.220 e. The van der Waals surface area contributed by atoms with Crippen molar-refractivity contribution in [1.29, 1.82) is 5.26 Å². The van der Waals surface area contributed by atoms with Gasteiger partial charge >= 0.3 is 0 Å². The van der Waals surface area contributed by atoms with Gasteiger partial charge in [0, 0.05) is 12.5 Å². The number of carbonyl (C=O) groups excluding carboxylic acids is 1. The van der Waals surface area contributed by atoms with Crippen LogP contribution in [0.1, 0.15) is 50.2 Å². The molecule has 0 saturated heterocycles. The van der Waals surface area contributed by atoms with Crippen LogP contribution in [0.2, 0.25) is 0 Å². The third kappa shape index (κ3) is 5.13. The zero-order valence-corrected chi connectivity index (χ0v) is 11.9. The van der Waals surface area contributed by atoms with Gasteiger partial charge in [0.1, 0.15) is 0 Å². The Hall–Kier alpha value is -1.82. The van der Waals surface area contributed by atoms with Crippen molar-refractivity contribution in [3.63, 3.8) is 0 Å². The summed E-state index contributed by atoms with van der Waals surface area (Å²) in [7, 11) is 0. The van der Waals surface area contributed by atoms with E-state index in [1.54, 1.807) is 0 Å². The zero-order valence-electron chi connectivity index (χ0n) is 11.9. The predicted octanol–water partition coefficient (Wildman–Crippen LogP) is 3.30. The van der Waals surface area contributed by atoms with E-state index in [-0.39, 0.29) is 17.9 Å². The number of benzene rings is 1. The van der Waals surface area contributed by atoms with Gasteiger partial charge < -0.3 is 5.32 Å². The highest BCUT2D eigenvalue weighted by molar-refractivity contribution is 5.76. The number of hydrogen-bond donors (Lipinski definition) is 1. The minimum absolute atomic E-state index is 0.0294. The quantitative estimate of drug-likeness (QED) is 0.851. The SMILES string of the molecule is CCC(C)NC(=O)CCC(C#N)c1ccc(C)cc1. The van der Waals surface area contributed by atoms with Crippen molar-refractivity contribution in [2.45, 2.75) is 52.0 Å². The van der Waals surface area contributed by atoms with Gasteiger partial charge in [0.15, 0.2) is 0 Å². The van der Waals surface area contributed by atoms with Crippen LogP contribution in [0.4, 0.5) is 0 Å². The molecule has 2 unspecified atom stereocenters. The molecule has 0 spiro atoms. The molecule has 1 N–H and O–H groups in total. The molecule has 102 valence electrons. The van der Waals surface area contributed by atoms with Crippen LogP contribution in [0.3, 0.4) is 0 Å². The van der Waals surface area contributed by atoms with Crippen molar-refractivity contribution in [2.75, 3.05) is 0 Å². The van der Waals surface area contributed by atoms with Gasteiger partial charge in [0.25, 0.3) is 0 Å². The second-order valence-corrected chi connectivity index (χ2v) is 5.01. The Kier molecular flexibility index (Phi) is 6.08. The molecule has 0 fully saturated rings. The van der Waals surface area contributed by atoms with Gasteiger partial charge in [0.05, 0.1) is 12.0 Å². The Morgan fingerprint density at radius 2 is 2.00 bits per heavy atom. The first-order valence-corrected chi connectivity index (χ1v) is 6.82. The molecular formula is C16H22N2O. The molecule has 0 aliphatic heterocycles. The molecule has 1 aromatic carbocycles. The average Bonchev–Trinajstić information content (AvgIpc) is 2.41. The van der Waals surface area contributed by atoms with Crippen molar-refractivity contribution >= 4 is 5.91 Å². The lowest BCUT2D eigenvalue weighted by atomic mass is 9.95. The first kappa shape index (κ1) is 15.2. The monoisotopic (exact) mass is 258 g/mol. The summed E-state index contributed by atoms with van der Waals surface area (Å²) < 4.78 is 0. The van der Waals surface area contributed by atoms with Crippen LogP contribution in [-0.4, -0.2) is 11.9 Å². The number of aryl methyl sites for hydroxylation is 1. The Labute approximate surface area is 115 Å². The fraction of sp³-hybridized carbons (Fsp3) is 0.500. The van der Waals surface area contributed by atoms with Crippen LogP contribution >= 0.6 is 0 Å². The minimum Gasteiger partial charge on any atom is -0.354 e. The topological polar surface area (TPSA) is 52.9 Å². The fourth-order valence-corrected chi connectivity index (χ4v) is 1.83. The summed E-state index contributed by atoms with van der Waals surface area (Å²) in [4.78, 5) is 11.7. The van der Waals surface area contributed by atoms with E-state index < -0.39 is 0 Å². The van der Waals surface area contributed by atoms with Crippen LogP contribution in [0.25, 0.3) is 0 Å². The predicted molar refractivity (Wildman–Crippen MR) is 76.7 cm³/mol. The summed E-state index contributed by atoms with van der Waals surface area (Å²) in [6.07, 6.45) is 1.89. The first-order chi connectivity index (χ1) is 9.06. The summed E-state index contributed by atoms with van der Waals surface area (Å²) in [5.41, 5.74) is 2.17. The minimum atomic E-state index is -0.205. The highest BCUT2D eigenvalue weighted by atomic mass is 16.1. The molecule has 3 nitrogen and oxygen atoms in total. The Morgan fingerprint density at radius 1 is 1.37 bits per heavy atom. The first-order valence-electron chi connectivity index (χ1n) is 6.82. The van der Waals surface area contributed by atoms with Crippen LogP contribution in [0.5, 0.6) is 0 Å². The van der Waals surface area contributed by atoms with Crippen molar-refractivity contribution < 1.29 is 4.79 Å². The summed E-state index contributed by atoms with van der Waals surface area (Å²) in [6, 6.07) is 10.4. The van der Waals surface area contributed by atoms with Crippen LogP contribution in [-0.2, 0) is 4.79 Å². The molecule has 19 heavy (non-hydrogen) atoms. The number of rotatable bonds is 6. The summed E-state index contributed by atoms with van der Waals surface area (Å²) in [6.45, 7) is 6.04. The lowest BCUT2D eigenvalue weighted by Gasteiger charge is -2.13. The second-order valence-electron chi connectivity index (χ2n) is 5.01. The van der Waals surface area contributed by atoms with Crippen molar-refractivity contribution in [2.24, 2.45) is 0 Å². The number of nitrogens with one attached hydrogen (secondary N) is 1. The molecule has 0 aromatic heterocycles. The Morgan fingerprint density at radius 3 is 2.53 bits per heavy atom. The molecule has 3 heteroatoms. The summed E-state index contributed by atoms with van der Waals surface area (Å²) in [5, 5.41) is 12.1. The molecule has 0 heterocycles. The standard InChI is InChI=1S/C16H22N2O/c1-4-13(3)18-16(19)10-9-15(11-17)14-7-5-12(2)6-8-14/h5-8,13,15H,4,9-10H2,1-3H3,(H,18,19). The van der Waals surface area contributed by atoms with E-state index in [9.17, 15) is 10.1 Å². The Bertz CT molecular complexity index is 445. The largest absolute Gasteiger partial charge is 0.354 e. The summed E-state index contributed by atoms with van der Waals surface area (Å²) in [5.74, 6) is -0.176. The molecule has 0 bridgehead atoms. The van der Waals surface area contributed by atoms with E-state index in [0.29, 0.717) is 12.8 Å². The lowest BCUT2D eigenvalue weighted by molar-refractivity contribution is -0.121. The molecule has 0 aliphatic carbocycles. The molecule has 1 rings (SSSR count). The van der Waals surface area contributed by atoms with Gasteiger partial charge in [-0.15, -0.1) is 0 Å². The third-order valence-electron chi connectivity index (χ3n) is 3.32. The van der Waals surface area contributed by atoms with Crippen LogP contribution in [0, 0.1) is 18.3 Å². The van der Waals surface area contributed by atoms with E-state index in [0.717, 1.165) is 12.0 Å². The zero-order chi connectivity index (χ0) is 14.3. The number of amides is 1. The second kappa shape index (κ2) is 7.58. The van der Waals surface area contributed by atoms with Gasteiger partial charge in [-0.05, 0) is 32.3 Å². The molecule has 0 saturated carbocycles. The molecule has 0 radical (unpaired) electrons. The number of nitrogens with zero attached hydrogens (tertiary/aromatic N) is 1. The molecule has 1 amide bonds. The van der Waals surface area contributed by atoms with Crippen molar-refractivity contribution in [3.8, 4) is 6.07 Å². The third-order valence-corrected chi connectivity index (χ3v) is 3.32. The lowest BCUT2D eigenvalue weighted by Crippen LogP contribution is -2.31. The Balaban J connectivity index is 2.52. The molecule has 2 atom stereocenters. The normalized spacial score (nSPS) is 13.4. The number of hydrogen-bond acceptors (Lipinski definition) is 2. The number of nitriles is 1. The highest BCUT2D eigenvalue weighted by Gasteiger charge is 2.13. The fourth-order valence-electron chi connectivity index (χ4n) is 1.83. The van der Waals surface area contributed by atoms with E-state index in [2.05, 4.69) is 11.4 Å². The maximum absolute atomic E-state index is 11.7. The van der Waals surface area contributed by atoms with Crippen LogP contribution in [0.15, 0.2) is 24.3 Å². The molecule has 1 aromatic rings. The molecular weight excluding hydrogens is 236 g/mol. The van der Waals surface area contributed by atoms with E-state index in [4.69, 9.17) is 0 Å². The van der Waals surface area contributed by atoms with Gasteiger partial charge in [-0.25, -0.2) is 0 Å². The van der Waals surface area contributed by atoms with Gasteiger partial charge in [-0.2, -0.15) is 5.26 Å². The maximum Gasteiger partial charge on any atom is 0.220 e. The van der Waals surface area contributed by atoms with E-state index >= 15 is 0 Å². The number of carbonyl (C=O) groups is 1. The maximum atomic E-state index is 11.7. The summed E-state index contributed by atoms with van der Waals surface area (Å²) >= 11 is 0. The van der Waals surface area contributed by atoms with E-state index in [1.165, 1.54) is 5.56 Å².